The lowest BCUT2D eigenvalue weighted by atomic mass is 10.1. The van der Waals surface area contributed by atoms with Crippen molar-refractivity contribution in [2.45, 2.75) is 51.8 Å². The van der Waals surface area contributed by atoms with E-state index in [0.717, 1.165) is 50.0 Å². The van der Waals surface area contributed by atoms with Crippen LogP contribution in [0.25, 0.3) is 0 Å². The summed E-state index contributed by atoms with van der Waals surface area (Å²) >= 11 is 0. The summed E-state index contributed by atoms with van der Waals surface area (Å²) in [4.78, 5) is 4.72. The number of nitrogens with one attached hydrogen (secondary N) is 2. The monoisotopic (exact) mass is 414 g/mol. The fraction of sp³-hybridized carbons (Fsp3) is 0.591. The highest BCUT2D eigenvalue weighted by Crippen LogP contribution is 2.12. The van der Waals surface area contributed by atoms with Gasteiger partial charge in [-0.1, -0.05) is 30.3 Å². The van der Waals surface area contributed by atoms with Crippen molar-refractivity contribution in [1.82, 2.24) is 25.4 Å². The van der Waals surface area contributed by atoms with Crippen LogP contribution in [0.4, 0.5) is 0 Å². The maximum Gasteiger partial charge on any atom is 0.192 e. The normalized spacial score (nSPS) is 17.8. The molecule has 0 spiro atoms. The molecule has 8 heteroatoms. The van der Waals surface area contributed by atoms with Crippen LogP contribution in [0, 0.1) is 6.92 Å². The van der Waals surface area contributed by atoms with Crippen molar-refractivity contribution in [2.24, 2.45) is 12.0 Å². The Balaban J connectivity index is 1.50. The lowest BCUT2D eigenvalue weighted by Crippen LogP contribution is -2.39. The number of benzene rings is 1. The van der Waals surface area contributed by atoms with Crippen LogP contribution in [0.2, 0.25) is 0 Å². The Hall–Kier alpha value is -2.45. The van der Waals surface area contributed by atoms with Gasteiger partial charge in [-0.3, -0.25) is 0 Å². The van der Waals surface area contributed by atoms with E-state index in [4.69, 9.17) is 14.5 Å². The second-order valence-corrected chi connectivity index (χ2v) is 7.65. The molecular weight excluding hydrogens is 380 g/mol. The summed E-state index contributed by atoms with van der Waals surface area (Å²) in [5.41, 5.74) is 1.21. The highest BCUT2D eigenvalue weighted by atomic mass is 16.5. The van der Waals surface area contributed by atoms with Gasteiger partial charge in [0.25, 0.3) is 0 Å². The van der Waals surface area contributed by atoms with Crippen LogP contribution >= 0.6 is 0 Å². The molecule has 2 unspecified atom stereocenters. The molecule has 2 aromatic rings. The van der Waals surface area contributed by atoms with Gasteiger partial charge in [0.2, 0.25) is 0 Å². The van der Waals surface area contributed by atoms with E-state index >= 15 is 0 Å². The first-order chi connectivity index (χ1) is 14.6. The third kappa shape index (κ3) is 6.81. The van der Waals surface area contributed by atoms with Crippen molar-refractivity contribution in [3.8, 4) is 0 Å². The average molecular weight is 415 g/mol. The molecule has 0 amide bonds. The second-order valence-electron chi connectivity index (χ2n) is 7.65. The maximum atomic E-state index is 5.75. The molecule has 0 bridgehead atoms. The Labute approximate surface area is 179 Å². The minimum Gasteiger partial charge on any atom is -0.379 e. The highest BCUT2D eigenvalue weighted by molar-refractivity contribution is 5.80. The topological polar surface area (TPSA) is 85.6 Å². The van der Waals surface area contributed by atoms with Crippen LogP contribution in [0.15, 0.2) is 35.3 Å². The molecule has 1 aromatic carbocycles. The third-order valence-corrected chi connectivity index (χ3v) is 5.30. The Kier molecular flexibility index (Phi) is 8.65. The number of rotatable bonds is 10. The lowest BCUT2D eigenvalue weighted by molar-refractivity contribution is 0.0168. The van der Waals surface area contributed by atoms with E-state index in [1.807, 2.05) is 36.7 Å². The Morgan fingerprint density at radius 3 is 2.87 bits per heavy atom. The summed E-state index contributed by atoms with van der Waals surface area (Å²) in [5, 5.41) is 15.2. The maximum absolute atomic E-state index is 5.75. The number of aryl methyl sites for hydroxylation is 1. The number of hydrogen-bond acceptors (Lipinski definition) is 5. The van der Waals surface area contributed by atoms with Gasteiger partial charge in [-0.15, -0.1) is 10.2 Å². The first-order valence-electron chi connectivity index (χ1n) is 10.8. The van der Waals surface area contributed by atoms with Crippen molar-refractivity contribution < 1.29 is 9.47 Å². The molecule has 1 aromatic heterocycles. The van der Waals surface area contributed by atoms with E-state index < -0.39 is 0 Å². The van der Waals surface area contributed by atoms with Gasteiger partial charge in [0.1, 0.15) is 12.4 Å². The van der Waals surface area contributed by atoms with Crippen LogP contribution in [-0.2, 0) is 23.1 Å². The van der Waals surface area contributed by atoms with E-state index in [1.165, 1.54) is 5.56 Å². The molecule has 2 heterocycles. The third-order valence-electron chi connectivity index (χ3n) is 5.30. The SMILES string of the molecule is Cc1nnc(CN=C(NCCCOCC2CCCO2)NC(C)c2ccccc2)n1C. The van der Waals surface area contributed by atoms with Crippen molar-refractivity contribution in [2.75, 3.05) is 26.4 Å². The molecule has 8 nitrogen and oxygen atoms in total. The van der Waals surface area contributed by atoms with Crippen LogP contribution in [-0.4, -0.2) is 53.2 Å². The van der Waals surface area contributed by atoms with Gasteiger partial charge >= 0.3 is 0 Å². The van der Waals surface area contributed by atoms with E-state index in [-0.39, 0.29) is 12.1 Å². The highest BCUT2D eigenvalue weighted by Gasteiger charge is 2.15. The molecule has 1 saturated heterocycles. The summed E-state index contributed by atoms with van der Waals surface area (Å²) in [5.74, 6) is 2.47. The van der Waals surface area contributed by atoms with Gasteiger partial charge in [0.05, 0.1) is 18.8 Å². The van der Waals surface area contributed by atoms with Crippen LogP contribution in [0.1, 0.15) is 49.4 Å². The number of ether oxygens (including phenoxy) is 2. The minimum absolute atomic E-state index is 0.134. The zero-order chi connectivity index (χ0) is 21.2. The zero-order valence-electron chi connectivity index (χ0n) is 18.3. The smallest absolute Gasteiger partial charge is 0.192 e. The molecule has 1 aliphatic heterocycles. The summed E-state index contributed by atoms with van der Waals surface area (Å²) < 4.78 is 13.3. The number of guanidine groups is 1. The van der Waals surface area contributed by atoms with E-state index in [0.29, 0.717) is 19.8 Å². The van der Waals surface area contributed by atoms with E-state index in [1.54, 1.807) is 0 Å². The van der Waals surface area contributed by atoms with Gasteiger partial charge in [-0.05, 0) is 38.7 Å². The largest absolute Gasteiger partial charge is 0.379 e. The molecule has 2 N–H and O–H groups in total. The minimum atomic E-state index is 0.134. The van der Waals surface area contributed by atoms with Gasteiger partial charge in [0, 0.05) is 26.8 Å². The molecule has 3 rings (SSSR count). The van der Waals surface area contributed by atoms with Crippen molar-refractivity contribution in [3.63, 3.8) is 0 Å². The molecular formula is C22H34N6O2. The molecule has 0 radical (unpaired) electrons. The zero-order valence-corrected chi connectivity index (χ0v) is 18.3. The number of aromatic nitrogens is 3. The van der Waals surface area contributed by atoms with Crippen LogP contribution in [0.5, 0.6) is 0 Å². The molecule has 0 saturated carbocycles. The van der Waals surface area contributed by atoms with Crippen molar-refractivity contribution in [3.05, 3.63) is 47.5 Å². The number of hydrogen-bond donors (Lipinski definition) is 2. The van der Waals surface area contributed by atoms with Crippen molar-refractivity contribution in [1.29, 1.82) is 0 Å². The molecule has 0 aliphatic carbocycles. The predicted octanol–water partition coefficient (Wildman–Crippen LogP) is 2.51. The summed E-state index contributed by atoms with van der Waals surface area (Å²) in [6.45, 7) is 7.56. The van der Waals surface area contributed by atoms with Crippen LogP contribution in [0.3, 0.4) is 0 Å². The lowest BCUT2D eigenvalue weighted by Gasteiger charge is -2.19. The van der Waals surface area contributed by atoms with E-state index in [9.17, 15) is 0 Å². The first kappa shape index (κ1) is 22.2. The van der Waals surface area contributed by atoms with Gasteiger partial charge in [-0.25, -0.2) is 4.99 Å². The Bertz CT molecular complexity index is 786. The molecule has 30 heavy (non-hydrogen) atoms. The summed E-state index contributed by atoms with van der Waals surface area (Å²) in [6.07, 6.45) is 3.43. The fourth-order valence-corrected chi connectivity index (χ4v) is 3.29. The fourth-order valence-electron chi connectivity index (χ4n) is 3.29. The van der Waals surface area contributed by atoms with E-state index in [2.05, 4.69) is 39.9 Å². The second kappa shape index (κ2) is 11.7. The molecule has 1 aliphatic rings. The molecule has 164 valence electrons. The predicted molar refractivity (Wildman–Crippen MR) is 117 cm³/mol. The Morgan fingerprint density at radius 1 is 1.33 bits per heavy atom. The van der Waals surface area contributed by atoms with Gasteiger partial charge in [-0.2, -0.15) is 0 Å². The first-order valence-corrected chi connectivity index (χ1v) is 10.8. The number of aliphatic imine (C=N–C) groups is 1. The summed E-state index contributed by atoms with van der Waals surface area (Å²) in [6, 6.07) is 10.5. The average Bonchev–Trinajstić information content (AvgIpc) is 3.39. The summed E-state index contributed by atoms with van der Waals surface area (Å²) in [7, 11) is 1.96. The molecule has 2 atom stereocenters. The quantitative estimate of drug-likeness (QED) is 0.353. The van der Waals surface area contributed by atoms with Crippen LogP contribution < -0.4 is 10.6 Å². The standard InChI is InChI=1S/C22H34N6O2/c1-17(19-9-5-4-6-10-19)25-22(24-15-21-27-26-18(2)28(21)3)23-12-8-13-29-16-20-11-7-14-30-20/h4-6,9-10,17,20H,7-8,11-16H2,1-3H3,(H2,23,24,25). The number of nitrogens with zero attached hydrogens (tertiary/aromatic N) is 4. The van der Waals surface area contributed by atoms with Crippen molar-refractivity contribution >= 4 is 5.96 Å². The van der Waals surface area contributed by atoms with Gasteiger partial charge < -0.3 is 24.7 Å². The molecule has 1 fully saturated rings. The Morgan fingerprint density at radius 2 is 2.17 bits per heavy atom. The van der Waals surface area contributed by atoms with Gasteiger partial charge in [0.15, 0.2) is 11.8 Å².